The van der Waals surface area contributed by atoms with Crippen LogP contribution in [0.3, 0.4) is 0 Å². The lowest BCUT2D eigenvalue weighted by molar-refractivity contribution is 0.0506. The predicted molar refractivity (Wildman–Crippen MR) is 86.5 cm³/mol. The van der Waals surface area contributed by atoms with E-state index in [-0.39, 0.29) is 6.04 Å². The largest absolute Gasteiger partial charge is 0.444 e. The fraction of sp³-hybridized carbons (Fsp3) is 0.412. The molecule has 1 amide bonds. The average Bonchev–Trinajstić information content (AvgIpc) is 2.79. The van der Waals surface area contributed by atoms with Crippen molar-refractivity contribution in [3.63, 3.8) is 0 Å². The number of aromatic amines is 1. The van der Waals surface area contributed by atoms with Crippen LogP contribution in [0.25, 0.3) is 11.3 Å². The summed E-state index contributed by atoms with van der Waals surface area (Å²) >= 11 is 0. The Morgan fingerprint density at radius 2 is 1.91 bits per heavy atom. The van der Waals surface area contributed by atoms with Gasteiger partial charge in [-0.2, -0.15) is 0 Å². The zero-order valence-corrected chi connectivity index (χ0v) is 13.7. The third-order valence-electron chi connectivity index (χ3n) is 3.09. The molecule has 0 radical (unpaired) electrons. The van der Waals surface area contributed by atoms with Gasteiger partial charge in [0.05, 0.1) is 11.7 Å². The van der Waals surface area contributed by atoms with E-state index in [1.165, 1.54) is 0 Å². The Balaban J connectivity index is 2.12. The summed E-state index contributed by atoms with van der Waals surface area (Å²) < 4.78 is 5.26. The number of H-pyrrole nitrogens is 1. The van der Waals surface area contributed by atoms with Crippen molar-refractivity contribution in [3.8, 4) is 11.3 Å². The van der Waals surface area contributed by atoms with Crippen molar-refractivity contribution < 1.29 is 9.53 Å². The number of ether oxygens (including phenoxy) is 1. The van der Waals surface area contributed by atoms with Crippen LogP contribution >= 0.6 is 0 Å². The zero-order chi connectivity index (χ0) is 16.3. The quantitative estimate of drug-likeness (QED) is 0.901. The van der Waals surface area contributed by atoms with E-state index in [1.807, 2.05) is 65.0 Å². The molecular formula is C17H23N3O2. The van der Waals surface area contributed by atoms with Crippen molar-refractivity contribution in [2.75, 3.05) is 0 Å². The Morgan fingerprint density at radius 1 is 1.27 bits per heavy atom. The van der Waals surface area contributed by atoms with Gasteiger partial charge in [0.1, 0.15) is 11.4 Å². The Kier molecular flexibility index (Phi) is 4.54. The van der Waals surface area contributed by atoms with Gasteiger partial charge in [0.15, 0.2) is 0 Å². The highest BCUT2D eigenvalue weighted by Crippen LogP contribution is 2.23. The molecule has 5 heteroatoms. The van der Waals surface area contributed by atoms with E-state index in [4.69, 9.17) is 4.74 Å². The molecule has 0 saturated heterocycles. The molecule has 2 N–H and O–H groups in total. The van der Waals surface area contributed by atoms with Gasteiger partial charge < -0.3 is 15.0 Å². The van der Waals surface area contributed by atoms with Gasteiger partial charge in [-0.15, -0.1) is 0 Å². The second kappa shape index (κ2) is 6.22. The van der Waals surface area contributed by atoms with Crippen LogP contribution in [0.15, 0.2) is 30.3 Å². The second-order valence-electron chi connectivity index (χ2n) is 6.33. The molecule has 2 aromatic rings. The molecule has 0 saturated carbocycles. The minimum absolute atomic E-state index is 0.258. The van der Waals surface area contributed by atoms with Gasteiger partial charge in [0, 0.05) is 11.3 Å². The van der Waals surface area contributed by atoms with Gasteiger partial charge in [-0.3, -0.25) is 0 Å². The van der Waals surface area contributed by atoms with Crippen LogP contribution in [-0.2, 0) is 4.74 Å². The van der Waals surface area contributed by atoms with Gasteiger partial charge in [0.25, 0.3) is 0 Å². The Labute approximate surface area is 131 Å². The van der Waals surface area contributed by atoms with Crippen LogP contribution in [0.1, 0.15) is 45.3 Å². The van der Waals surface area contributed by atoms with E-state index >= 15 is 0 Å². The maximum atomic E-state index is 11.8. The second-order valence-corrected chi connectivity index (χ2v) is 6.33. The minimum atomic E-state index is -0.516. The van der Waals surface area contributed by atoms with E-state index in [9.17, 15) is 4.79 Å². The lowest BCUT2D eigenvalue weighted by Gasteiger charge is -2.21. The molecule has 0 bridgehead atoms. The lowest BCUT2D eigenvalue weighted by Crippen LogP contribution is -2.34. The maximum Gasteiger partial charge on any atom is 0.408 e. The molecule has 1 aromatic carbocycles. The zero-order valence-electron chi connectivity index (χ0n) is 13.7. The van der Waals surface area contributed by atoms with E-state index in [1.54, 1.807) is 0 Å². The summed E-state index contributed by atoms with van der Waals surface area (Å²) in [6.45, 7) is 9.35. The fourth-order valence-corrected chi connectivity index (χ4v) is 2.12. The molecule has 1 heterocycles. The van der Waals surface area contributed by atoms with Gasteiger partial charge in [-0.05, 0) is 34.6 Å². The number of alkyl carbamates (subject to hydrolysis) is 1. The van der Waals surface area contributed by atoms with Crippen molar-refractivity contribution in [1.29, 1.82) is 0 Å². The molecule has 118 valence electrons. The normalized spacial score (nSPS) is 12.8. The van der Waals surface area contributed by atoms with Gasteiger partial charge in [0.2, 0.25) is 0 Å². The number of imidazole rings is 1. The maximum absolute atomic E-state index is 11.8. The van der Waals surface area contributed by atoms with E-state index in [0.29, 0.717) is 5.82 Å². The molecule has 0 aliphatic heterocycles. The molecule has 5 nitrogen and oxygen atoms in total. The SMILES string of the molecule is Cc1[nH]c([C@@H](C)NC(=O)OC(C)(C)C)nc1-c1ccccc1. The average molecular weight is 301 g/mol. The summed E-state index contributed by atoms with van der Waals surface area (Å²) in [5.41, 5.74) is 2.40. The van der Waals surface area contributed by atoms with Crippen molar-refractivity contribution in [3.05, 3.63) is 41.9 Å². The van der Waals surface area contributed by atoms with E-state index < -0.39 is 11.7 Å². The number of carbonyl (C=O) groups excluding carboxylic acids is 1. The van der Waals surface area contributed by atoms with Crippen LogP contribution in [0.5, 0.6) is 0 Å². The van der Waals surface area contributed by atoms with Crippen molar-refractivity contribution in [2.45, 2.75) is 46.3 Å². The summed E-state index contributed by atoms with van der Waals surface area (Å²) in [6, 6.07) is 9.69. The molecule has 0 spiro atoms. The minimum Gasteiger partial charge on any atom is -0.444 e. The molecular weight excluding hydrogens is 278 g/mol. The Morgan fingerprint density at radius 3 is 2.50 bits per heavy atom. The first-order valence-corrected chi connectivity index (χ1v) is 7.37. The van der Waals surface area contributed by atoms with Crippen LogP contribution in [0, 0.1) is 6.92 Å². The van der Waals surface area contributed by atoms with Crippen molar-refractivity contribution in [1.82, 2.24) is 15.3 Å². The lowest BCUT2D eigenvalue weighted by atomic mass is 10.1. The van der Waals surface area contributed by atoms with Gasteiger partial charge in [-0.1, -0.05) is 30.3 Å². The number of aromatic nitrogens is 2. The number of nitrogens with zero attached hydrogens (tertiary/aromatic N) is 1. The molecule has 1 atom stereocenters. The number of amides is 1. The molecule has 0 aliphatic carbocycles. The summed E-state index contributed by atoms with van der Waals surface area (Å²) in [7, 11) is 0. The summed E-state index contributed by atoms with van der Waals surface area (Å²) in [6.07, 6.45) is -0.449. The monoisotopic (exact) mass is 301 g/mol. The molecule has 22 heavy (non-hydrogen) atoms. The summed E-state index contributed by atoms with van der Waals surface area (Å²) in [5.74, 6) is 0.710. The number of nitrogens with one attached hydrogen (secondary N) is 2. The van der Waals surface area contributed by atoms with Crippen LogP contribution in [0.2, 0.25) is 0 Å². The first-order chi connectivity index (χ1) is 10.3. The number of benzene rings is 1. The Hall–Kier alpha value is -2.30. The highest BCUT2D eigenvalue weighted by atomic mass is 16.6. The van der Waals surface area contributed by atoms with Gasteiger partial charge >= 0.3 is 6.09 Å². The van der Waals surface area contributed by atoms with Gasteiger partial charge in [-0.25, -0.2) is 9.78 Å². The van der Waals surface area contributed by atoms with Crippen LogP contribution in [0.4, 0.5) is 4.79 Å². The van der Waals surface area contributed by atoms with Crippen LogP contribution < -0.4 is 5.32 Å². The topological polar surface area (TPSA) is 67.0 Å². The van der Waals surface area contributed by atoms with Crippen molar-refractivity contribution in [2.24, 2.45) is 0 Å². The first-order valence-electron chi connectivity index (χ1n) is 7.37. The van der Waals surface area contributed by atoms with Crippen LogP contribution in [-0.4, -0.2) is 21.7 Å². The highest BCUT2D eigenvalue weighted by Gasteiger charge is 2.20. The first kappa shape index (κ1) is 16.1. The summed E-state index contributed by atoms with van der Waals surface area (Å²) in [5, 5.41) is 2.79. The molecule has 2 rings (SSSR count). The fourth-order valence-electron chi connectivity index (χ4n) is 2.12. The molecule has 1 aromatic heterocycles. The van der Waals surface area contributed by atoms with Crippen molar-refractivity contribution >= 4 is 6.09 Å². The number of carbonyl (C=O) groups is 1. The Bertz CT molecular complexity index is 642. The van der Waals surface area contributed by atoms with E-state index in [0.717, 1.165) is 17.0 Å². The molecule has 0 unspecified atom stereocenters. The smallest absolute Gasteiger partial charge is 0.408 e. The standard InChI is InChI=1S/C17H23N3O2/c1-11-14(13-9-7-6-8-10-13)20-15(18-11)12(2)19-16(21)22-17(3,4)5/h6-10,12H,1-5H3,(H,18,20)(H,19,21)/t12-/m1/s1. The number of hydrogen-bond acceptors (Lipinski definition) is 3. The third kappa shape index (κ3) is 4.10. The molecule has 0 fully saturated rings. The highest BCUT2D eigenvalue weighted by molar-refractivity contribution is 5.68. The number of rotatable bonds is 3. The predicted octanol–water partition coefficient (Wildman–Crippen LogP) is 3.97. The van der Waals surface area contributed by atoms with E-state index in [2.05, 4.69) is 15.3 Å². The number of aryl methyl sites for hydroxylation is 1. The number of hydrogen-bond donors (Lipinski definition) is 2. The summed E-state index contributed by atoms with van der Waals surface area (Å²) in [4.78, 5) is 19.7. The molecule has 0 aliphatic rings. The third-order valence-corrected chi connectivity index (χ3v) is 3.09.